The Morgan fingerprint density at radius 3 is 2.41 bits per heavy atom. The summed E-state index contributed by atoms with van der Waals surface area (Å²) >= 11 is 0. The van der Waals surface area contributed by atoms with E-state index in [9.17, 15) is 14.2 Å². The molecule has 0 fully saturated rings. The van der Waals surface area contributed by atoms with E-state index in [1.54, 1.807) is 26.0 Å². The lowest BCUT2D eigenvalue weighted by Gasteiger charge is -2.11. The quantitative estimate of drug-likeness (QED) is 0.439. The first-order chi connectivity index (χ1) is 10.2. The first-order valence-electron chi connectivity index (χ1n) is 6.32. The Balaban J connectivity index is 2.65. The first-order valence-corrected chi connectivity index (χ1v) is 7.85. The number of hydrogen-bond acceptors (Lipinski definition) is 6. The zero-order valence-electron chi connectivity index (χ0n) is 12.1. The van der Waals surface area contributed by atoms with Crippen LogP contribution < -0.4 is 0 Å². The third-order valence-corrected chi connectivity index (χ3v) is 2.95. The number of ether oxygens (including phenoxy) is 2. The average molecular weight is 332 g/mol. The molecule has 1 aromatic carbocycles. The van der Waals surface area contributed by atoms with Crippen molar-refractivity contribution in [3.8, 4) is 0 Å². The Bertz CT molecular complexity index is 577. The topological polar surface area (TPSA) is 119 Å². The Kier molecular flexibility index (Phi) is 6.70. The van der Waals surface area contributed by atoms with Gasteiger partial charge in [0.05, 0.1) is 18.1 Å². The molecule has 22 heavy (non-hydrogen) atoms. The van der Waals surface area contributed by atoms with Crippen LogP contribution >= 0.6 is 7.82 Å². The minimum atomic E-state index is -4.65. The van der Waals surface area contributed by atoms with Crippen molar-refractivity contribution in [3.05, 3.63) is 35.4 Å². The number of benzene rings is 1. The van der Waals surface area contributed by atoms with Crippen LogP contribution in [0.3, 0.4) is 0 Å². The number of phosphoric acid groups is 1. The summed E-state index contributed by atoms with van der Waals surface area (Å²) in [6.45, 7) is 2.28. The molecule has 0 bridgehead atoms. The van der Waals surface area contributed by atoms with Crippen LogP contribution in [0.25, 0.3) is 0 Å². The minimum absolute atomic E-state index is 0.0662. The molecular weight excluding hydrogens is 315 g/mol. The fraction of sp³-hybridized carbons (Fsp3) is 0.385. The third kappa shape index (κ3) is 6.36. The summed E-state index contributed by atoms with van der Waals surface area (Å²) in [5.41, 5.74) is 0.308. The van der Waals surface area contributed by atoms with Crippen molar-refractivity contribution in [1.29, 1.82) is 0 Å². The van der Waals surface area contributed by atoms with Gasteiger partial charge in [0.2, 0.25) is 6.79 Å². The van der Waals surface area contributed by atoms with Gasteiger partial charge in [0.15, 0.2) is 0 Å². The van der Waals surface area contributed by atoms with Crippen LogP contribution in [-0.2, 0) is 30.0 Å². The molecule has 1 aromatic rings. The van der Waals surface area contributed by atoms with Crippen molar-refractivity contribution in [1.82, 2.24) is 0 Å². The number of carbonyl (C=O) groups is 2. The molecular formula is C13H17O8P. The Hall–Kier alpha value is -1.73. The van der Waals surface area contributed by atoms with Crippen molar-refractivity contribution in [2.75, 3.05) is 6.79 Å². The van der Waals surface area contributed by atoms with E-state index in [0.29, 0.717) is 0 Å². The number of esters is 2. The normalized spacial score (nSPS) is 11.3. The summed E-state index contributed by atoms with van der Waals surface area (Å²) in [5, 5.41) is 0. The van der Waals surface area contributed by atoms with Crippen molar-refractivity contribution in [2.45, 2.75) is 20.5 Å². The lowest BCUT2D eigenvalue weighted by molar-refractivity contribution is -0.155. The lowest BCUT2D eigenvalue weighted by atomic mass is 10.1. The van der Waals surface area contributed by atoms with Gasteiger partial charge in [-0.3, -0.25) is 9.32 Å². The molecule has 122 valence electrons. The molecule has 0 heterocycles. The van der Waals surface area contributed by atoms with Gasteiger partial charge in [0, 0.05) is 0 Å². The van der Waals surface area contributed by atoms with Crippen molar-refractivity contribution >= 4 is 19.8 Å². The Morgan fingerprint density at radius 2 is 1.82 bits per heavy atom. The largest absolute Gasteiger partial charge is 0.469 e. The maximum Gasteiger partial charge on any atom is 0.469 e. The predicted molar refractivity (Wildman–Crippen MR) is 74.5 cm³/mol. The molecule has 0 aliphatic rings. The molecule has 0 aliphatic heterocycles. The smallest absolute Gasteiger partial charge is 0.428 e. The zero-order valence-corrected chi connectivity index (χ0v) is 13.0. The predicted octanol–water partition coefficient (Wildman–Crippen LogP) is 1.61. The summed E-state index contributed by atoms with van der Waals surface area (Å²) in [6, 6.07) is 6.00. The van der Waals surface area contributed by atoms with Crippen LogP contribution in [0.1, 0.15) is 29.8 Å². The summed E-state index contributed by atoms with van der Waals surface area (Å²) in [5.74, 6) is -1.64. The molecule has 1 rings (SSSR count). The second kappa shape index (κ2) is 8.05. The van der Waals surface area contributed by atoms with Gasteiger partial charge in [-0.25, -0.2) is 9.36 Å². The molecule has 0 aliphatic carbocycles. The van der Waals surface area contributed by atoms with Crippen LogP contribution in [0.2, 0.25) is 0 Å². The molecule has 0 spiro atoms. The Labute approximate surface area is 127 Å². The highest BCUT2D eigenvalue weighted by Gasteiger charge is 2.18. The van der Waals surface area contributed by atoms with E-state index >= 15 is 0 Å². The molecule has 8 nitrogen and oxygen atoms in total. The standard InChI is InChI=1S/C13H17O8P/c1-9(2)12(14)19-8-20-13(15)11-6-4-3-5-10(11)7-21-22(16,17)18/h3-6,9H,7-8H2,1-2H3,(H2,16,17,18). The molecule has 0 amide bonds. The van der Waals surface area contributed by atoms with Crippen molar-refractivity contribution in [3.63, 3.8) is 0 Å². The summed E-state index contributed by atoms with van der Waals surface area (Å²) in [6.07, 6.45) is 0. The monoisotopic (exact) mass is 332 g/mol. The van der Waals surface area contributed by atoms with Crippen LogP contribution in [0.15, 0.2) is 24.3 Å². The van der Waals surface area contributed by atoms with Gasteiger partial charge in [0.1, 0.15) is 0 Å². The fourth-order valence-corrected chi connectivity index (χ4v) is 1.69. The van der Waals surface area contributed by atoms with Gasteiger partial charge in [-0.2, -0.15) is 0 Å². The maximum absolute atomic E-state index is 11.9. The summed E-state index contributed by atoms with van der Waals surface area (Å²) < 4.78 is 24.6. The SMILES string of the molecule is CC(C)C(=O)OCOC(=O)c1ccccc1COP(=O)(O)O. The van der Waals surface area contributed by atoms with Crippen molar-refractivity contribution in [2.24, 2.45) is 5.92 Å². The van der Waals surface area contributed by atoms with Crippen molar-refractivity contribution < 1.29 is 37.9 Å². The lowest BCUT2D eigenvalue weighted by Crippen LogP contribution is -2.17. The molecule has 2 N–H and O–H groups in total. The highest BCUT2D eigenvalue weighted by molar-refractivity contribution is 7.46. The van der Waals surface area contributed by atoms with E-state index in [1.165, 1.54) is 12.1 Å². The maximum atomic E-state index is 11.9. The van der Waals surface area contributed by atoms with E-state index in [2.05, 4.69) is 4.52 Å². The first kappa shape index (κ1) is 18.3. The molecule has 0 saturated carbocycles. The molecule has 9 heteroatoms. The van der Waals surface area contributed by atoms with Crippen LogP contribution in [0, 0.1) is 5.92 Å². The Morgan fingerprint density at radius 1 is 1.18 bits per heavy atom. The summed E-state index contributed by atoms with van der Waals surface area (Å²) in [4.78, 5) is 40.5. The highest BCUT2D eigenvalue weighted by atomic mass is 31.2. The van der Waals surface area contributed by atoms with Gasteiger partial charge in [-0.05, 0) is 11.6 Å². The van der Waals surface area contributed by atoms with E-state index in [0.717, 1.165) is 0 Å². The highest BCUT2D eigenvalue weighted by Crippen LogP contribution is 2.37. The molecule has 0 saturated heterocycles. The second-order valence-electron chi connectivity index (χ2n) is 4.59. The summed E-state index contributed by atoms with van der Waals surface area (Å²) in [7, 11) is -4.65. The average Bonchev–Trinajstić information content (AvgIpc) is 2.44. The van der Waals surface area contributed by atoms with Crippen LogP contribution in [0.4, 0.5) is 0 Å². The van der Waals surface area contributed by atoms with E-state index in [4.69, 9.17) is 19.3 Å². The van der Waals surface area contributed by atoms with E-state index in [-0.39, 0.29) is 17.0 Å². The van der Waals surface area contributed by atoms with E-state index < -0.39 is 33.2 Å². The second-order valence-corrected chi connectivity index (χ2v) is 5.83. The van der Waals surface area contributed by atoms with Gasteiger partial charge in [-0.15, -0.1) is 0 Å². The molecule has 0 unspecified atom stereocenters. The molecule has 0 atom stereocenters. The molecule has 0 aromatic heterocycles. The number of carbonyl (C=O) groups excluding carboxylic acids is 2. The van der Waals surface area contributed by atoms with Gasteiger partial charge in [0.25, 0.3) is 0 Å². The fourth-order valence-electron chi connectivity index (χ4n) is 1.38. The number of hydrogen-bond donors (Lipinski definition) is 2. The third-order valence-electron chi connectivity index (χ3n) is 2.49. The van der Waals surface area contributed by atoms with Gasteiger partial charge >= 0.3 is 19.8 Å². The van der Waals surface area contributed by atoms with Gasteiger partial charge < -0.3 is 19.3 Å². The minimum Gasteiger partial charge on any atom is -0.428 e. The number of phosphoric ester groups is 1. The van der Waals surface area contributed by atoms with E-state index in [1.807, 2.05) is 0 Å². The van der Waals surface area contributed by atoms with Gasteiger partial charge in [-0.1, -0.05) is 32.0 Å². The van der Waals surface area contributed by atoms with Crippen LogP contribution in [-0.4, -0.2) is 28.5 Å². The van der Waals surface area contributed by atoms with Crippen LogP contribution in [0.5, 0.6) is 0 Å². The molecule has 0 radical (unpaired) electrons. The number of rotatable bonds is 7. The zero-order chi connectivity index (χ0) is 16.8.